The van der Waals surface area contributed by atoms with Crippen molar-refractivity contribution in [1.29, 1.82) is 0 Å². The summed E-state index contributed by atoms with van der Waals surface area (Å²) in [6.45, 7) is 2.23. The molecule has 0 N–H and O–H groups in total. The molecule has 1 atom stereocenters. The zero-order valence-corrected chi connectivity index (χ0v) is 5.83. The number of halogens is 1. The largest absolute Gasteiger partial charge is 0.0888 e. The first-order valence-corrected chi connectivity index (χ1v) is 3.42. The lowest BCUT2D eigenvalue weighted by Gasteiger charge is -2.12. The lowest BCUT2D eigenvalue weighted by atomic mass is 9.97. The topological polar surface area (TPSA) is 0 Å². The highest BCUT2D eigenvalue weighted by molar-refractivity contribution is 6.29. The fraction of sp³-hybridized carbons (Fsp3) is 0.714. The van der Waals surface area contributed by atoms with Crippen LogP contribution in [0.5, 0.6) is 0 Å². The summed E-state index contributed by atoms with van der Waals surface area (Å²) >= 11 is 5.69. The minimum atomic E-state index is 0.803. The second kappa shape index (κ2) is 2.54. The van der Waals surface area contributed by atoms with E-state index in [1.807, 2.05) is 0 Å². The molecule has 8 heavy (non-hydrogen) atoms. The minimum absolute atomic E-state index is 0.803. The van der Waals surface area contributed by atoms with Gasteiger partial charge in [-0.15, -0.1) is 0 Å². The minimum Gasteiger partial charge on any atom is -0.0888 e. The van der Waals surface area contributed by atoms with Crippen LogP contribution in [-0.2, 0) is 0 Å². The van der Waals surface area contributed by atoms with Gasteiger partial charge in [-0.3, -0.25) is 0 Å². The molecule has 1 radical (unpaired) electrons. The van der Waals surface area contributed by atoms with Gasteiger partial charge in [-0.05, 0) is 31.3 Å². The first-order chi connectivity index (χ1) is 3.79. The highest BCUT2D eigenvalue weighted by atomic mass is 35.5. The molecule has 0 aromatic rings. The van der Waals surface area contributed by atoms with E-state index in [4.69, 9.17) is 11.6 Å². The lowest BCUT2D eigenvalue weighted by molar-refractivity contribution is 0.514. The second-order valence-corrected chi connectivity index (χ2v) is 2.89. The monoisotopic (exact) mass is 129 g/mol. The molecule has 1 aliphatic carbocycles. The van der Waals surface area contributed by atoms with Gasteiger partial charge in [-0.2, -0.15) is 0 Å². The first-order valence-electron chi connectivity index (χ1n) is 3.04. The van der Waals surface area contributed by atoms with Gasteiger partial charge in [-0.1, -0.05) is 18.5 Å². The highest BCUT2D eigenvalue weighted by Gasteiger charge is 2.07. The van der Waals surface area contributed by atoms with Gasteiger partial charge in [0.1, 0.15) is 0 Å². The van der Waals surface area contributed by atoms with Crippen molar-refractivity contribution in [3.63, 3.8) is 0 Å². The second-order valence-electron chi connectivity index (χ2n) is 2.43. The van der Waals surface area contributed by atoms with Crippen LogP contribution >= 0.6 is 11.6 Å². The molecule has 0 heterocycles. The Hall–Kier alpha value is 0.0300. The first kappa shape index (κ1) is 6.15. The highest BCUT2D eigenvalue weighted by Crippen LogP contribution is 2.23. The molecule has 0 amide bonds. The Morgan fingerprint density at radius 1 is 1.75 bits per heavy atom. The number of hydrogen-bond acceptors (Lipinski definition) is 0. The molecule has 0 aliphatic heterocycles. The van der Waals surface area contributed by atoms with Crippen LogP contribution in [0, 0.1) is 12.0 Å². The van der Waals surface area contributed by atoms with Crippen molar-refractivity contribution in [3.05, 3.63) is 11.1 Å². The van der Waals surface area contributed by atoms with Gasteiger partial charge in [0.2, 0.25) is 0 Å². The van der Waals surface area contributed by atoms with Gasteiger partial charge in [0.15, 0.2) is 0 Å². The summed E-state index contributed by atoms with van der Waals surface area (Å²) < 4.78 is 0. The molecule has 45 valence electrons. The predicted octanol–water partition coefficient (Wildman–Crippen LogP) is 2.73. The molecule has 1 heteroatoms. The van der Waals surface area contributed by atoms with Gasteiger partial charge in [-0.25, -0.2) is 0 Å². The molecule has 0 saturated heterocycles. The van der Waals surface area contributed by atoms with E-state index in [2.05, 4.69) is 13.0 Å². The zero-order chi connectivity index (χ0) is 5.98. The van der Waals surface area contributed by atoms with Crippen LogP contribution in [0.4, 0.5) is 0 Å². The van der Waals surface area contributed by atoms with E-state index >= 15 is 0 Å². The van der Waals surface area contributed by atoms with Crippen molar-refractivity contribution in [2.75, 3.05) is 0 Å². The Labute approximate surface area is 55.5 Å². The molecule has 1 unspecified atom stereocenters. The van der Waals surface area contributed by atoms with E-state index < -0.39 is 0 Å². The molecular weight excluding hydrogens is 120 g/mol. The Morgan fingerprint density at radius 3 is 2.88 bits per heavy atom. The Balaban J connectivity index is 2.42. The SMILES string of the molecule is CC1C[C]=C(Cl)CC1. The van der Waals surface area contributed by atoms with E-state index in [0.717, 1.165) is 23.8 Å². The van der Waals surface area contributed by atoms with Crippen LogP contribution in [0.3, 0.4) is 0 Å². The van der Waals surface area contributed by atoms with Crippen LogP contribution in [0.15, 0.2) is 5.03 Å². The van der Waals surface area contributed by atoms with Crippen molar-refractivity contribution in [1.82, 2.24) is 0 Å². The molecule has 1 rings (SSSR count). The van der Waals surface area contributed by atoms with Crippen LogP contribution in [0.1, 0.15) is 26.2 Å². The molecular formula is C7H10Cl. The maximum atomic E-state index is 5.69. The standard InChI is InChI=1S/C7H10Cl/c1-6-2-4-7(8)5-3-6/h6H,2-4H2,1H3. The van der Waals surface area contributed by atoms with Crippen LogP contribution in [0.25, 0.3) is 0 Å². The molecule has 0 aromatic heterocycles. The average Bonchev–Trinajstić information content (AvgIpc) is 1.77. The third-order valence-electron chi connectivity index (χ3n) is 1.50. The summed E-state index contributed by atoms with van der Waals surface area (Å²) in [6.07, 6.45) is 6.45. The van der Waals surface area contributed by atoms with Gasteiger partial charge >= 0.3 is 0 Å². The predicted molar refractivity (Wildman–Crippen MR) is 35.6 cm³/mol. The summed E-state index contributed by atoms with van der Waals surface area (Å²) in [5.41, 5.74) is 0. The van der Waals surface area contributed by atoms with E-state index in [9.17, 15) is 0 Å². The molecule has 0 saturated carbocycles. The zero-order valence-electron chi connectivity index (χ0n) is 5.08. The number of hydrogen-bond donors (Lipinski definition) is 0. The van der Waals surface area contributed by atoms with Gasteiger partial charge in [0, 0.05) is 5.03 Å². The summed E-state index contributed by atoms with van der Waals surface area (Å²) in [6, 6.07) is 0. The summed E-state index contributed by atoms with van der Waals surface area (Å²) in [7, 11) is 0. The maximum absolute atomic E-state index is 5.69. The fourth-order valence-corrected chi connectivity index (χ4v) is 1.03. The Morgan fingerprint density at radius 2 is 2.50 bits per heavy atom. The normalized spacial score (nSPS) is 29.8. The van der Waals surface area contributed by atoms with Crippen molar-refractivity contribution >= 4 is 11.6 Å². The van der Waals surface area contributed by atoms with Crippen LogP contribution < -0.4 is 0 Å². The number of allylic oxidation sites excluding steroid dienone is 2. The summed E-state index contributed by atoms with van der Waals surface area (Å²) in [5, 5.41) is 0.933. The maximum Gasteiger partial charge on any atom is 0.0216 e. The molecule has 0 aromatic carbocycles. The smallest absolute Gasteiger partial charge is 0.0216 e. The number of rotatable bonds is 0. The average molecular weight is 130 g/mol. The van der Waals surface area contributed by atoms with Gasteiger partial charge < -0.3 is 0 Å². The van der Waals surface area contributed by atoms with E-state index in [-0.39, 0.29) is 0 Å². The molecule has 0 spiro atoms. The molecule has 0 fully saturated rings. The van der Waals surface area contributed by atoms with E-state index in [1.165, 1.54) is 6.42 Å². The fourth-order valence-electron chi connectivity index (χ4n) is 0.849. The third-order valence-corrected chi connectivity index (χ3v) is 1.82. The summed E-state index contributed by atoms with van der Waals surface area (Å²) in [4.78, 5) is 0. The van der Waals surface area contributed by atoms with Gasteiger partial charge in [0.05, 0.1) is 0 Å². The Kier molecular flexibility index (Phi) is 1.95. The van der Waals surface area contributed by atoms with Crippen molar-refractivity contribution in [2.45, 2.75) is 26.2 Å². The van der Waals surface area contributed by atoms with Gasteiger partial charge in [0.25, 0.3) is 0 Å². The molecule has 1 aliphatic rings. The lowest BCUT2D eigenvalue weighted by Crippen LogP contribution is -1.98. The Bertz CT molecular complexity index is 105. The van der Waals surface area contributed by atoms with Crippen molar-refractivity contribution in [3.8, 4) is 0 Å². The third kappa shape index (κ3) is 1.52. The van der Waals surface area contributed by atoms with Crippen LogP contribution in [0.2, 0.25) is 0 Å². The van der Waals surface area contributed by atoms with Crippen molar-refractivity contribution < 1.29 is 0 Å². The van der Waals surface area contributed by atoms with Crippen LogP contribution in [-0.4, -0.2) is 0 Å². The summed E-state index contributed by atoms with van der Waals surface area (Å²) in [5.74, 6) is 0.803. The van der Waals surface area contributed by atoms with Crippen molar-refractivity contribution in [2.24, 2.45) is 5.92 Å². The van der Waals surface area contributed by atoms with E-state index in [1.54, 1.807) is 0 Å². The molecule has 0 nitrogen and oxygen atoms in total. The quantitative estimate of drug-likeness (QED) is 0.472. The van der Waals surface area contributed by atoms with E-state index in [0.29, 0.717) is 0 Å². The molecule has 0 bridgehead atoms.